The van der Waals surface area contributed by atoms with Gasteiger partial charge in [-0.2, -0.15) is 4.98 Å². The molecular weight excluding hydrogens is 452 g/mol. The minimum absolute atomic E-state index is 0.181. The van der Waals surface area contributed by atoms with Crippen LogP contribution in [0.3, 0.4) is 0 Å². The van der Waals surface area contributed by atoms with E-state index in [0.717, 1.165) is 16.7 Å². The molecule has 1 aromatic heterocycles. The summed E-state index contributed by atoms with van der Waals surface area (Å²) in [7, 11) is 0. The van der Waals surface area contributed by atoms with Gasteiger partial charge in [0.2, 0.25) is 11.8 Å². The molecule has 5 N–H and O–H groups in total. The zero-order valence-corrected chi connectivity index (χ0v) is 20.5. The second-order valence-electron chi connectivity index (χ2n) is 8.81. The van der Waals surface area contributed by atoms with E-state index in [2.05, 4.69) is 14.7 Å². The number of ether oxygens (including phenoxy) is 1. The summed E-state index contributed by atoms with van der Waals surface area (Å²) in [5.41, 5.74) is 9.23. The maximum Gasteiger partial charge on any atom is 0.335 e. The SMILES string of the molecule is Cc1cccc(C)c1-c1cc(OCC(N)CC(C)(C)O)nc(NSc2cccc(C(=O)O)c2)n1. The lowest BCUT2D eigenvalue weighted by molar-refractivity contribution is 0.0571. The van der Waals surface area contributed by atoms with Crippen LogP contribution in [-0.4, -0.2) is 44.4 Å². The summed E-state index contributed by atoms with van der Waals surface area (Å²) in [4.78, 5) is 21.1. The van der Waals surface area contributed by atoms with Crippen LogP contribution in [-0.2, 0) is 0 Å². The second kappa shape index (κ2) is 10.9. The normalized spacial score (nSPS) is 12.3. The van der Waals surface area contributed by atoms with Crippen molar-refractivity contribution in [2.45, 2.75) is 50.7 Å². The van der Waals surface area contributed by atoms with Gasteiger partial charge >= 0.3 is 5.97 Å². The molecule has 2 aromatic carbocycles. The van der Waals surface area contributed by atoms with Crippen molar-refractivity contribution in [3.8, 4) is 17.1 Å². The van der Waals surface area contributed by atoms with E-state index >= 15 is 0 Å². The maximum atomic E-state index is 11.3. The molecule has 0 radical (unpaired) electrons. The molecule has 3 aromatic rings. The van der Waals surface area contributed by atoms with E-state index in [4.69, 9.17) is 10.5 Å². The first-order valence-electron chi connectivity index (χ1n) is 10.8. The Morgan fingerprint density at radius 3 is 2.47 bits per heavy atom. The van der Waals surface area contributed by atoms with Crippen LogP contribution in [0.25, 0.3) is 11.3 Å². The number of benzene rings is 2. The van der Waals surface area contributed by atoms with Crippen LogP contribution in [0, 0.1) is 13.8 Å². The Balaban J connectivity index is 1.88. The number of nitrogens with one attached hydrogen (secondary N) is 1. The number of hydrogen-bond acceptors (Lipinski definition) is 8. The lowest BCUT2D eigenvalue weighted by Gasteiger charge is -2.22. The van der Waals surface area contributed by atoms with E-state index in [1.807, 2.05) is 32.0 Å². The molecule has 0 aliphatic rings. The molecule has 0 saturated carbocycles. The van der Waals surface area contributed by atoms with Crippen molar-refractivity contribution in [3.63, 3.8) is 0 Å². The molecule has 1 heterocycles. The van der Waals surface area contributed by atoms with Gasteiger partial charge in [-0.25, -0.2) is 9.78 Å². The average Bonchev–Trinajstić information content (AvgIpc) is 2.75. The number of nitrogens with two attached hydrogens (primary N) is 1. The van der Waals surface area contributed by atoms with E-state index in [9.17, 15) is 15.0 Å². The van der Waals surface area contributed by atoms with E-state index in [1.54, 1.807) is 38.1 Å². The van der Waals surface area contributed by atoms with Crippen LogP contribution >= 0.6 is 11.9 Å². The van der Waals surface area contributed by atoms with E-state index < -0.39 is 11.6 Å². The summed E-state index contributed by atoms with van der Waals surface area (Å²) in [6.45, 7) is 7.62. The summed E-state index contributed by atoms with van der Waals surface area (Å²) < 4.78 is 8.98. The largest absolute Gasteiger partial charge is 0.478 e. The molecule has 180 valence electrons. The fraction of sp³-hybridized carbons (Fsp3) is 0.320. The first kappa shape index (κ1) is 25.5. The highest BCUT2D eigenvalue weighted by Crippen LogP contribution is 2.30. The van der Waals surface area contributed by atoms with Crippen LogP contribution in [0.5, 0.6) is 5.88 Å². The smallest absolute Gasteiger partial charge is 0.335 e. The molecular formula is C25H30N4O4S. The van der Waals surface area contributed by atoms with Gasteiger partial charge in [0.1, 0.15) is 6.61 Å². The molecule has 0 aliphatic carbocycles. The standard InChI is InChI=1S/C25H30N4O4S/c1-15-7-5-8-16(2)22(15)20-12-21(33-14-18(26)13-25(3,4)32)28-24(27-20)29-34-19-10-6-9-17(11-19)23(30)31/h5-12,18,32H,13-14,26H2,1-4H3,(H,30,31)(H,27,28,29). The van der Waals surface area contributed by atoms with Crippen molar-refractivity contribution in [3.05, 3.63) is 65.2 Å². The van der Waals surface area contributed by atoms with E-state index in [1.165, 1.54) is 18.0 Å². The zero-order chi connectivity index (χ0) is 24.9. The highest BCUT2D eigenvalue weighted by Gasteiger charge is 2.19. The second-order valence-corrected chi connectivity index (χ2v) is 9.69. The van der Waals surface area contributed by atoms with Crippen LogP contribution in [0.15, 0.2) is 53.4 Å². The number of hydrogen-bond donors (Lipinski definition) is 4. The van der Waals surface area contributed by atoms with E-state index in [0.29, 0.717) is 28.8 Å². The number of aromatic nitrogens is 2. The summed E-state index contributed by atoms with van der Waals surface area (Å²) in [6.07, 6.45) is 0.378. The van der Waals surface area contributed by atoms with Gasteiger partial charge in [0.25, 0.3) is 0 Å². The van der Waals surface area contributed by atoms with Gasteiger partial charge in [0, 0.05) is 22.6 Å². The Morgan fingerprint density at radius 2 is 1.82 bits per heavy atom. The number of aliphatic hydroxyl groups is 1. The summed E-state index contributed by atoms with van der Waals surface area (Å²) in [6, 6.07) is 14.0. The predicted molar refractivity (Wildman–Crippen MR) is 134 cm³/mol. The number of carboxylic acid groups (broad SMARTS) is 1. The molecule has 0 fully saturated rings. The summed E-state index contributed by atoms with van der Waals surface area (Å²) >= 11 is 1.21. The van der Waals surface area contributed by atoms with Crippen LogP contribution in [0.2, 0.25) is 0 Å². The van der Waals surface area contributed by atoms with Gasteiger partial charge in [-0.1, -0.05) is 24.3 Å². The first-order chi connectivity index (χ1) is 16.0. The highest BCUT2D eigenvalue weighted by atomic mass is 32.2. The van der Waals surface area contributed by atoms with Crippen molar-refractivity contribution >= 4 is 23.9 Å². The monoisotopic (exact) mass is 482 g/mol. The molecule has 1 atom stereocenters. The number of aromatic carboxylic acids is 1. The van der Waals surface area contributed by atoms with Crippen molar-refractivity contribution in [1.29, 1.82) is 0 Å². The minimum atomic E-state index is -0.992. The fourth-order valence-electron chi connectivity index (χ4n) is 3.58. The van der Waals surface area contributed by atoms with Gasteiger partial charge in [0.05, 0.1) is 16.9 Å². The number of aryl methyl sites for hydroxylation is 2. The molecule has 9 heteroatoms. The Kier molecular flexibility index (Phi) is 8.14. The maximum absolute atomic E-state index is 11.3. The number of rotatable bonds is 10. The number of carbonyl (C=O) groups is 1. The van der Waals surface area contributed by atoms with Gasteiger partial charge in [0.15, 0.2) is 0 Å². The summed E-state index contributed by atoms with van der Waals surface area (Å²) in [5.74, 6) is -0.327. The van der Waals surface area contributed by atoms with Gasteiger partial charge in [-0.3, -0.25) is 4.72 Å². The quantitative estimate of drug-likeness (QED) is 0.310. The highest BCUT2D eigenvalue weighted by molar-refractivity contribution is 8.00. The third-order valence-electron chi connectivity index (χ3n) is 4.99. The van der Waals surface area contributed by atoms with Crippen LogP contribution in [0.1, 0.15) is 41.8 Å². The minimum Gasteiger partial charge on any atom is -0.478 e. The number of anilines is 1. The molecule has 0 amide bonds. The number of nitrogens with zero attached hydrogens (tertiary/aromatic N) is 2. The van der Waals surface area contributed by atoms with Crippen molar-refractivity contribution in [2.24, 2.45) is 5.73 Å². The first-order valence-corrected chi connectivity index (χ1v) is 11.7. The Hall–Kier alpha value is -3.14. The fourth-order valence-corrected chi connectivity index (χ4v) is 4.21. The Bertz CT molecular complexity index is 1140. The van der Waals surface area contributed by atoms with Crippen LogP contribution in [0.4, 0.5) is 5.95 Å². The van der Waals surface area contributed by atoms with Gasteiger partial charge < -0.3 is 20.7 Å². The van der Waals surface area contributed by atoms with Gasteiger partial charge in [-0.15, -0.1) is 0 Å². The molecule has 0 bridgehead atoms. The zero-order valence-electron chi connectivity index (χ0n) is 19.7. The third-order valence-corrected chi connectivity index (χ3v) is 5.76. The van der Waals surface area contributed by atoms with E-state index in [-0.39, 0.29) is 18.2 Å². The molecule has 3 rings (SSSR count). The molecule has 1 unspecified atom stereocenters. The topological polar surface area (TPSA) is 131 Å². The molecule has 0 aliphatic heterocycles. The average molecular weight is 483 g/mol. The summed E-state index contributed by atoms with van der Waals surface area (Å²) in [5, 5.41) is 19.2. The predicted octanol–water partition coefficient (Wildman–Crippen LogP) is 4.44. The number of carboxylic acids is 1. The molecule has 34 heavy (non-hydrogen) atoms. The third kappa shape index (κ3) is 7.18. The Morgan fingerprint density at radius 1 is 1.15 bits per heavy atom. The Labute approximate surface area is 203 Å². The lowest BCUT2D eigenvalue weighted by Crippen LogP contribution is -2.36. The van der Waals surface area contributed by atoms with Crippen LogP contribution < -0.4 is 15.2 Å². The molecule has 8 nitrogen and oxygen atoms in total. The van der Waals surface area contributed by atoms with Crippen molar-refractivity contribution < 1.29 is 19.7 Å². The molecule has 0 saturated heterocycles. The molecule has 0 spiro atoms. The van der Waals surface area contributed by atoms with Gasteiger partial charge in [-0.05, 0) is 75.4 Å². The van der Waals surface area contributed by atoms with Crippen molar-refractivity contribution in [2.75, 3.05) is 11.3 Å². The van der Waals surface area contributed by atoms with Crippen molar-refractivity contribution in [1.82, 2.24) is 9.97 Å². The lowest BCUT2D eigenvalue weighted by atomic mass is 10.00.